The first-order valence-electron chi connectivity index (χ1n) is 6.55. The average Bonchev–Trinajstić information content (AvgIpc) is 2.20. The molecule has 2 heteroatoms. The number of nitrogens with one attached hydrogen (secondary N) is 1. The molecule has 0 radical (unpaired) electrons. The van der Waals surface area contributed by atoms with Crippen LogP contribution in [0.5, 0.6) is 0 Å². The van der Waals surface area contributed by atoms with Gasteiger partial charge in [-0.1, -0.05) is 26.7 Å². The van der Waals surface area contributed by atoms with E-state index < -0.39 is 0 Å². The van der Waals surface area contributed by atoms with Crippen LogP contribution in [-0.4, -0.2) is 18.5 Å². The predicted octanol–water partition coefficient (Wildman–Crippen LogP) is 3.81. The minimum absolute atomic E-state index is 0.427. The standard InChI is InChI=1S/C13H26ClN/c1-11(2)6-5-9-15-10-12-7-3-4-8-13(12)14/h11-13,15H,3-10H2,1-2H3. The van der Waals surface area contributed by atoms with Gasteiger partial charge in [-0.05, 0) is 50.6 Å². The molecule has 0 aliphatic heterocycles. The van der Waals surface area contributed by atoms with E-state index in [1.807, 2.05) is 0 Å². The Morgan fingerprint density at radius 3 is 2.67 bits per heavy atom. The van der Waals surface area contributed by atoms with Crippen LogP contribution in [0.3, 0.4) is 0 Å². The molecular formula is C13H26ClN. The summed E-state index contributed by atoms with van der Waals surface area (Å²) in [5.74, 6) is 1.56. The Kier molecular flexibility index (Phi) is 6.67. The number of halogens is 1. The fourth-order valence-electron chi connectivity index (χ4n) is 2.32. The number of rotatable bonds is 6. The van der Waals surface area contributed by atoms with Crippen LogP contribution in [0.1, 0.15) is 52.4 Å². The van der Waals surface area contributed by atoms with Crippen molar-refractivity contribution in [2.24, 2.45) is 11.8 Å². The summed E-state index contributed by atoms with van der Waals surface area (Å²) in [6.07, 6.45) is 7.89. The summed E-state index contributed by atoms with van der Waals surface area (Å²) < 4.78 is 0. The van der Waals surface area contributed by atoms with E-state index in [9.17, 15) is 0 Å². The maximum atomic E-state index is 6.31. The van der Waals surface area contributed by atoms with Crippen molar-refractivity contribution >= 4 is 11.6 Å². The molecule has 2 atom stereocenters. The second kappa shape index (κ2) is 7.51. The molecule has 1 saturated carbocycles. The minimum atomic E-state index is 0.427. The second-order valence-electron chi connectivity index (χ2n) is 5.30. The van der Waals surface area contributed by atoms with Gasteiger partial charge in [0, 0.05) is 5.38 Å². The molecule has 1 fully saturated rings. The molecule has 0 heterocycles. The Hall–Kier alpha value is 0.250. The van der Waals surface area contributed by atoms with E-state index in [2.05, 4.69) is 19.2 Å². The lowest BCUT2D eigenvalue weighted by Crippen LogP contribution is -2.31. The molecule has 1 aliphatic rings. The molecule has 90 valence electrons. The zero-order valence-corrected chi connectivity index (χ0v) is 11.0. The summed E-state index contributed by atoms with van der Waals surface area (Å²) >= 11 is 6.31. The van der Waals surface area contributed by atoms with E-state index in [4.69, 9.17) is 11.6 Å². The van der Waals surface area contributed by atoms with Crippen molar-refractivity contribution in [3.8, 4) is 0 Å². The SMILES string of the molecule is CC(C)CCCNCC1CCCCC1Cl. The van der Waals surface area contributed by atoms with Gasteiger partial charge in [0.05, 0.1) is 0 Å². The Morgan fingerprint density at radius 1 is 1.27 bits per heavy atom. The molecular weight excluding hydrogens is 206 g/mol. The average molecular weight is 232 g/mol. The fourth-order valence-corrected chi connectivity index (χ4v) is 2.68. The minimum Gasteiger partial charge on any atom is -0.316 e. The molecule has 1 aliphatic carbocycles. The topological polar surface area (TPSA) is 12.0 Å². The van der Waals surface area contributed by atoms with Crippen molar-refractivity contribution in [3.63, 3.8) is 0 Å². The first-order valence-corrected chi connectivity index (χ1v) is 6.98. The monoisotopic (exact) mass is 231 g/mol. The molecule has 0 amide bonds. The maximum absolute atomic E-state index is 6.31. The van der Waals surface area contributed by atoms with Crippen LogP contribution >= 0.6 is 11.6 Å². The van der Waals surface area contributed by atoms with Crippen LogP contribution in [0.4, 0.5) is 0 Å². The van der Waals surface area contributed by atoms with E-state index in [-0.39, 0.29) is 0 Å². The molecule has 0 saturated heterocycles. The Labute approximate surface area is 100.0 Å². The Bertz CT molecular complexity index is 159. The lowest BCUT2D eigenvalue weighted by Gasteiger charge is -2.27. The Balaban J connectivity index is 1.99. The van der Waals surface area contributed by atoms with Gasteiger partial charge in [-0.2, -0.15) is 0 Å². The first kappa shape index (κ1) is 13.3. The number of alkyl halides is 1. The van der Waals surface area contributed by atoms with Gasteiger partial charge in [0.1, 0.15) is 0 Å². The molecule has 0 aromatic carbocycles. The number of hydrogen-bond acceptors (Lipinski definition) is 1. The highest BCUT2D eigenvalue weighted by atomic mass is 35.5. The van der Waals surface area contributed by atoms with Crippen molar-refractivity contribution in [1.29, 1.82) is 0 Å². The van der Waals surface area contributed by atoms with E-state index in [0.29, 0.717) is 5.38 Å². The quantitative estimate of drug-likeness (QED) is 0.542. The van der Waals surface area contributed by atoms with Gasteiger partial charge < -0.3 is 5.32 Å². The molecule has 15 heavy (non-hydrogen) atoms. The fraction of sp³-hybridized carbons (Fsp3) is 1.00. The summed E-state index contributed by atoms with van der Waals surface area (Å²) in [6, 6.07) is 0. The van der Waals surface area contributed by atoms with Crippen molar-refractivity contribution in [3.05, 3.63) is 0 Å². The second-order valence-corrected chi connectivity index (χ2v) is 5.86. The van der Waals surface area contributed by atoms with Gasteiger partial charge in [0.2, 0.25) is 0 Å². The smallest absolute Gasteiger partial charge is 0.0376 e. The molecule has 0 aromatic heterocycles. The van der Waals surface area contributed by atoms with Gasteiger partial charge in [-0.25, -0.2) is 0 Å². The van der Waals surface area contributed by atoms with Crippen molar-refractivity contribution < 1.29 is 0 Å². The van der Waals surface area contributed by atoms with Crippen molar-refractivity contribution in [2.45, 2.75) is 57.7 Å². The molecule has 2 unspecified atom stereocenters. The van der Waals surface area contributed by atoms with Crippen LogP contribution in [0, 0.1) is 11.8 Å². The highest BCUT2D eigenvalue weighted by molar-refractivity contribution is 6.20. The highest BCUT2D eigenvalue weighted by Gasteiger charge is 2.22. The summed E-state index contributed by atoms with van der Waals surface area (Å²) in [5, 5.41) is 3.98. The maximum Gasteiger partial charge on any atom is 0.0376 e. The van der Waals surface area contributed by atoms with Crippen molar-refractivity contribution in [2.75, 3.05) is 13.1 Å². The molecule has 0 spiro atoms. The summed E-state index contributed by atoms with van der Waals surface area (Å²) in [4.78, 5) is 0. The van der Waals surface area contributed by atoms with Gasteiger partial charge >= 0.3 is 0 Å². The van der Waals surface area contributed by atoms with Crippen LogP contribution in [0.2, 0.25) is 0 Å². The molecule has 0 aromatic rings. The predicted molar refractivity (Wildman–Crippen MR) is 68.5 cm³/mol. The van der Waals surface area contributed by atoms with Gasteiger partial charge in [-0.3, -0.25) is 0 Å². The van der Waals surface area contributed by atoms with Crippen LogP contribution in [0.15, 0.2) is 0 Å². The first-order chi connectivity index (χ1) is 7.20. The molecule has 1 nitrogen and oxygen atoms in total. The van der Waals surface area contributed by atoms with Crippen molar-refractivity contribution in [1.82, 2.24) is 5.32 Å². The molecule has 0 bridgehead atoms. The van der Waals surface area contributed by atoms with E-state index in [1.54, 1.807) is 0 Å². The zero-order chi connectivity index (χ0) is 11.1. The summed E-state index contributed by atoms with van der Waals surface area (Å²) in [6.45, 7) is 6.87. The van der Waals surface area contributed by atoms with Crippen LogP contribution in [0.25, 0.3) is 0 Å². The third kappa shape index (κ3) is 5.77. The normalized spacial score (nSPS) is 27.2. The zero-order valence-electron chi connectivity index (χ0n) is 10.3. The summed E-state index contributed by atoms with van der Waals surface area (Å²) in [7, 11) is 0. The van der Waals surface area contributed by atoms with Gasteiger partial charge in [0.25, 0.3) is 0 Å². The van der Waals surface area contributed by atoms with Crippen LogP contribution in [-0.2, 0) is 0 Å². The largest absolute Gasteiger partial charge is 0.316 e. The lowest BCUT2D eigenvalue weighted by atomic mass is 9.89. The third-order valence-corrected chi connectivity index (χ3v) is 3.93. The van der Waals surface area contributed by atoms with Gasteiger partial charge in [0.15, 0.2) is 0 Å². The molecule has 1 rings (SSSR count). The lowest BCUT2D eigenvalue weighted by molar-refractivity contribution is 0.346. The Morgan fingerprint density at radius 2 is 2.00 bits per heavy atom. The van der Waals surface area contributed by atoms with E-state index in [0.717, 1.165) is 24.9 Å². The molecule has 1 N–H and O–H groups in total. The van der Waals surface area contributed by atoms with Crippen LogP contribution < -0.4 is 5.32 Å². The number of hydrogen-bond donors (Lipinski definition) is 1. The third-order valence-electron chi connectivity index (χ3n) is 3.36. The highest BCUT2D eigenvalue weighted by Crippen LogP contribution is 2.27. The summed E-state index contributed by atoms with van der Waals surface area (Å²) in [5.41, 5.74) is 0. The van der Waals surface area contributed by atoms with E-state index >= 15 is 0 Å². The van der Waals surface area contributed by atoms with E-state index in [1.165, 1.54) is 38.5 Å². The van der Waals surface area contributed by atoms with Gasteiger partial charge in [-0.15, -0.1) is 11.6 Å².